The van der Waals surface area contributed by atoms with Gasteiger partial charge in [-0.25, -0.2) is 0 Å². The van der Waals surface area contributed by atoms with E-state index in [2.05, 4.69) is 10.6 Å². The number of para-hydroxylation sites is 1. The molecule has 0 fully saturated rings. The van der Waals surface area contributed by atoms with Gasteiger partial charge in [-0.1, -0.05) is 57.5 Å². The number of aliphatic hydroxyl groups is 1. The van der Waals surface area contributed by atoms with Crippen molar-refractivity contribution in [2.45, 2.75) is 53.3 Å². The molecule has 0 saturated heterocycles. The summed E-state index contributed by atoms with van der Waals surface area (Å²) in [4.78, 5) is 40.6. The number of nitrogens with zero attached hydrogens (tertiary/aromatic N) is 1. The van der Waals surface area contributed by atoms with E-state index < -0.39 is 10.9 Å². The number of carbonyl (C=O) groups excluding carboxylic acids is 1. The molecule has 3 N–H and O–H groups in total. The molecule has 3 aromatic carbocycles. The van der Waals surface area contributed by atoms with Gasteiger partial charge in [0.2, 0.25) is 0 Å². The lowest BCUT2D eigenvalue weighted by atomic mass is 9.85. The Bertz CT molecular complexity index is 1640. The van der Waals surface area contributed by atoms with E-state index in [1.165, 1.54) is 0 Å². The first-order valence-electron chi connectivity index (χ1n) is 12.8. The van der Waals surface area contributed by atoms with Gasteiger partial charge in [-0.15, -0.1) is 0 Å². The lowest BCUT2D eigenvalue weighted by Gasteiger charge is -2.31. The Labute approximate surface area is 230 Å². The normalized spacial score (nSPS) is 14.1. The highest BCUT2D eigenvalue weighted by atomic mass is 35.5. The Morgan fingerprint density at radius 2 is 1.74 bits per heavy atom. The molecule has 0 aliphatic carbocycles. The third-order valence-corrected chi connectivity index (χ3v) is 7.48. The van der Waals surface area contributed by atoms with Gasteiger partial charge in [-0.05, 0) is 35.7 Å². The molecule has 8 nitrogen and oxygen atoms in total. The molecule has 39 heavy (non-hydrogen) atoms. The third-order valence-electron chi connectivity index (χ3n) is 7.12. The number of fused-ring (bicyclic) bond motifs is 1. The monoisotopic (exact) mass is 547 g/mol. The van der Waals surface area contributed by atoms with Crippen LogP contribution in [0, 0.1) is 5.41 Å². The molecule has 1 aromatic heterocycles. The molecular formula is C30H30ClN3O5. The maximum Gasteiger partial charge on any atom is 0.261 e. The average molecular weight is 548 g/mol. The summed E-state index contributed by atoms with van der Waals surface area (Å²) in [6, 6.07) is 13.8. The molecule has 202 valence electrons. The first-order chi connectivity index (χ1) is 18.5. The first-order valence-corrected chi connectivity index (χ1v) is 13.2. The molecule has 0 saturated carbocycles. The number of furan rings is 1. The fraction of sp³-hybridized carbons (Fsp3) is 0.300. The summed E-state index contributed by atoms with van der Waals surface area (Å²) >= 11 is 6.49. The van der Waals surface area contributed by atoms with E-state index in [0.29, 0.717) is 38.8 Å². The van der Waals surface area contributed by atoms with Crippen LogP contribution in [-0.2, 0) is 19.6 Å². The summed E-state index contributed by atoms with van der Waals surface area (Å²) in [5.74, 6) is 1.17. The summed E-state index contributed by atoms with van der Waals surface area (Å²) in [5.41, 5.74) is 1.06. The van der Waals surface area contributed by atoms with E-state index in [-0.39, 0.29) is 41.9 Å². The van der Waals surface area contributed by atoms with Crippen molar-refractivity contribution in [3.63, 3.8) is 0 Å². The van der Waals surface area contributed by atoms with E-state index in [4.69, 9.17) is 16.0 Å². The van der Waals surface area contributed by atoms with Gasteiger partial charge in [0.05, 0.1) is 30.4 Å². The summed E-state index contributed by atoms with van der Waals surface area (Å²) in [6.07, 6.45) is 0.735. The van der Waals surface area contributed by atoms with Crippen molar-refractivity contribution in [2.24, 2.45) is 5.41 Å². The lowest BCUT2D eigenvalue weighted by molar-refractivity contribution is 0.0997. The van der Waals surface area contributed by atoms with Crippen molar-refractivity contribution in [3.05, 3.63) is 102 Å². The number of nitrogens with one attached hydrogen (secondary N) is 2. The van der Waals surface area contributed by atoms with Gasteiger partial charge >= 0.3 is 0 Å². The highest BCUT2D eigenvalue weighted by Crippen LogP contribution is 2.41. The molecule has 1 atom stereocenters. The number of carbonyl (C=O) groups is 1. The summed E-state index contributed by atoms with van der Waals surface area (Å²) in [7, 11) is 0. The SMILES string of the molecule is CCc1ccc([C@H](Nc2c(Nc3ccc(Cl)c4c3C(=O)N(c3ccccc3CO)C4)c(=O)c2=O)C(C)(C)C)o1. The second-order valence-corrected chi connectivity index (χ2v) is 11.2. The molecule has 0 radical (unpaired) electrons. The zero-order chi connectivity index (χ0) is 28.1. The minimum absolute atomic E-state index is 0.0862. The molecule has 2 heterocycles. The third kappa shape index (κ3) is 4.64. The lowest BCUT2D eigenvalue weighted by Crippen LogP contribution is -2.39. The molecule has 0 bridgehead atoms. The van der Waals surface area contributed by atoms with Crippen molar-refractivity contribution in [1.82, 2.24) is 0 Å². The van der Waals surface area contributed by atoms with E-state index in [0.717, 1.165) is 12.2 Å². The molecule has 5 rings (SSSR count). The van der Waals surface area contributed by atoms with Gasteiger partial charge in [-0.3, -0.25) is 14.4 Å². The van der Waals surface area contributed by atoms with Crippen LogP contribution in [0.3, 0.4) is 0 Å². The molecule has 1 amide bonds. The van der Waals surface area contributed by atoms with Crippen LogP contribution in [-0.4, -0.2) is 11.0 Å². The number of amides is 1. The van der Waals surface area contributed by atoms with Gasteiger partial charge in [0, 0.05) is 28.3 Å². The van der Waals surface area contributed by atoms with E-state index in [1.54, 1.807) is 41.3 Å². The molecular weight excluding hydrogens is 518 g/mol. The maximum absolute atomic E-state index is 13.6. The van der Waals surface area contributed by atoms with E-state index in [1.807, 2.05) is 39.8 Å². The van der Waals surface area contributed by atoms with Crippen molar-refractivity contribution >= 4 is 40.3 Å². The van der Waals surface area contributed by atoms with Gasteiger partial charge in [0.25, 0.3) is 16.8 Å². The highest BCUT2D eigenvalue weighted by Gasteiger charge is 2.36. The Balaban J connectivity index is 1.50. The minimum Gasteiger partial charge on any atom is -0.464 e. The Kier molecular flexibility index (Phi) is 6.86. The van der Waals surface area contributed by atoms with Crippen molar-refractivity contribution in [1.29, 1.82) is 0 Å². The van der Waals surface area contributed by atoms with Crippen LogP contribution in [0.5, 0.6) is 0 Å². The summed E-state index contributed by atoms with van der Waals surface area (Å²) < 4.78 is 5.98. The predicted molar refractivity (Wildman–Crippen MR) is 153 cm³/mol. The molecule has 0 unspecified atom stereocenters. The second-order valence-electron chi connectivity index (χ2n) is 10.8. The Hall–Kier alpha value is -3.88. The number of aliphatic hydroxyl groups excluding tert-OH is 1. The van der Waals surface area contributed by atoms with Crippen molar-refractivity contribution in [3.8, 4) is 0 Å². The van der Waals surface area contributed by atoms with Gasteiger partial charge in [0.1, 0.15) is 22.9 Å². The van der Waals surface area contributed by atoms with Gasteiger partial charge < -0.3 is 25.1 Å². The first kappa shape index (κ1) is 26.7. The molecule has 0 spiro atoms. The van der Waals surface area contributed by atoms with Crippen LogP contribution in [0.2, 0.25) is 5.02 Å². The molecule has 4 aromatic rings. The summed E-state index contributed by atoms with van der Waals surface area (Å²) in [6.45, 7) is 8.03. The largest absolute Gasteiger partial charge is 0.464 e. The van der Waals surface area contributed by atoms with Crippen LogP contribution in [0.25, 0.3) is 0 Å². The van der Waals surface area contributed by atoms with Crippen molar-refractivity contribution < 1.29 is 14.3 Å². The van der Waals surface area contributed by atoms with E-state index >= 15 is 0 Å². The average Bonchev–Trinajstić information content (AvgIpc) is 3.53. The molecule has 1 aliphatic heterocycles. The van der Waals surface area contributed by atoms with Gasteiger partial charge in [0.15, 0.2) is 0 Å². The molecule has 1 aliphatic rings. The van der Waals surface area contributed by atoms with Crippen molar-refractivity contribution in [2.75, 3.05) is 15.5 Å². The zero-order valence-electron chi connectivity index (χ0n) is 22.2. The smallest absolute Gasteiger partial charge is 0.261 e. The molecule has 9 heteroatoms. The summed E-state index contributed by atoms with van der Waals surface area (Å²) in [5, 5.41) is 16.5. The minimum atomic E-state index is -0.671. The Morgan fingerprint density at radius 3 is 2.41 bits per heavy atom. The number of anilines is 4. The van der Waals surface area contributed by atoms with Crippen LogP contribution in [0.1, 0.15) is 66.7 Å². The number of hydrogen-bond donors (Lipinski definition) is 3. The number of benzene rings is 2. The van der Waals surface area contributed by atoms with Crippen LogP contribution < -0.4 is 26.4 Å². The number of hydrogen-bond acceptors (Lipinski definition) is 7. The van der Waals surface area contributed by atoms with Crippen LogP contribution in [0.4, 0.5) is 22.7 Å². The fourth-order valence-electron chi connectivity index (χ4n) is 4.97. The maximum atomic E-state index is 13.6. The predicted octanol–water partition coefficient (Wildman–Crippen LogP) is 5.69. The van der Waals surface area contributed by atoms with Crippen LogP contribution in [0.15, 0.2) is 62.5 Å². The zero-order valence-corrected chi connectivity index (χ0v) is 23.0. The second kappa shape index (κ2) is 10.0. The Morgan fingerprint density at radius 1 is 1.03 bits per heavy atom. The number of rotatable bonds is 8. The number of halogens is 1. The topological polar surface area (TPSA) is 112 Å². The van der Waals surface area contributed by atoms with Gasteiger partial charge in [-0.2, -0.15) is 0 Å². The fourth-order valence-corrected chi connectivity index (χ4v) is 5.19. The number of aryl methyl sites for hydroxylation is 1. The van der Waals surface area contributed by atoms with Crippen LogP contribution >= 0.6 is 11.6 Å². The quantitative estimate of drug-likeness (QED) is 0.243. The van der Waals surface area contributed by atoms with E-state index in [9.17, 15) is 19.5 Å². The highest BCUT2D eigenvalue weighted by molar-refractivity contribution is 6.33. The standard InChI is InChI=1S/C30H30ClN3O5/c1-5-17-10-13-22(39-17)28(30(2,3)4)33-25-24(26(36)27(25)37)32-20-12-11-19(31)18-14-34(29(38)23(18)20)21-9-7-6-8-16(21)15-35/h6-13,28,32-33,35H,5,14-15H2,1-4H3/t28-/m0/s1.